The van der Waals surface area contributed by atoms with Crippen LogP contribution in [0.1, 0.15) is 16.1 Å². The Hall–Kier alpha value is -2.95. The molecule has 0 aliphatic carbocycles. The third-order valence-electron chi connectivity index (χ3n) is 3.12. The minimum absolute atomic E-state index is 0.441. The number of primary amides is 1. The molecular formula is C16H14N4O. The van der Waals surface area contributed by atoms with Crippen LogP contribution in [0.25, 0.3) is 11.0 Å². The van der Waals surface area contributed by atoms with Crippen LogP contribution in [0, 0.1) is 0 Å². The topological polar surface area (TPSA) is 80.9 Å². The van der Waals surface area contributed by atoms with E-state index in [4.69, 9.17) is 5.73 Å². The zero-order chi connectivity index (χ0) is 14.7. The molecule has 3 rings (SSSR count). The van der Waals surface area contributed by atoms with E-state index in [1.54, 1.807) is 24.4 Å². The van der Waals surface area contributed by atoms with E-state index < -0.39 is 5.91 Å². The number of nitrogens with zero attached hydrogens (tertiary/aromatic N) is 2. The first-order valence-electron chi connectivity index (χ1n) is 6.57. The molecule has 1 amide bonds. The molecule has 3 N–H and O–H groups in total. The Kier molecular flexibility index (Phi) is 3.47. The molecule has 1 heterocycles. The number of aromatic nitrogens is 2. The summed E-state index contributed by atoms with van der Waals surface area (Å²) in [5.41, 5.74) is 9.13. The number of benzene rings is 2. The minimum Gasteiger partial charge on any atom is -0.379 e. The van der Waals surface area contributed by atoms with E-state index in [0.717, 1.165) is 22.4 Å². The lowest BCUT2D eigenvalue weighted by Gasteiger charge is -2.07. The maximum atomic E-state index is 11.1. The third kappa shape index (κ3) is 2.97. The summed E-state index contributed by atoms with van der Waals surface area (Å²) in [6.07, 6.45) is 1.74. The molecule has 3 aromatic rings. The highest BCUT2D eigenvalue weighted by atomic mass is 16.1. The van der Waals surface area contributed by atoms with E-state index >= 15 is 0 Å². The van der Waals surface area contributed by atoms with Gasteiger partial charge in [0.1, 0.15) is 0 Å². The van der Waals surface area contributed by atoms with Crippen molar-refractivity contribution >= 4 is 22.6 Å². The number of carbonyl (C=O) groups is 1. The molecule has 1 aromatic heterocycles. The quantitative estimate of drug-likeness (QED) is 0.767. The van der Waals surface area contributed by atoms with Gasteiger partial charge in [0.15, 0.2) is 0 Å². The number of amides is 1. The summed E-state index contributed by atoms with van der Waals surface area (Å²) in [4.78, 5) is 20.0. The van der Waals surface area contributed by atoms with Gasteiger partial charge in [-0.1, -0.05) is 18.2 Å². The molecule has 0 saturated carbocycles. The number of nitrogens with two attached hydrogens (primary N) is 1. The Balaban J connectivity index is 1.77. The summed E-state index contributed by atoms with van der Waals surface area (Å²) >= 11 is 0. The fourth-order valence-corrected chi connectivity index (χ4v) is 2.06. The average molecular weight is 278 g/mol. The summed E-state index contributed by atoms with van der Waals surface area (Å²) in [5.74, 6) is -0.441. The van der Waals surface area contributed by atoms with E-state index in [1.165, 1.54) is 0 Å². The van der Waals surface area contributed by atoms with Gasteiger partial charge in [0, 0.05) is 11.3 Å². The summed E-state index contributed by atoms with van der Waals surface area (Å²) in [6, 6.07) is 14.8. The number of hydrogen-bond acceptors (Lipinski definition) is 4. The zero-order valence-corrected chi connectivity index (χ0v) is 11.3. The highest BCUT2D eigenvalue weighted by Crippen LogP contribution is 2.13. The molecule has 0 spiro atoms. The van der Waals surface area contributed by atoms with Crippen molar-refractivity contribution in [2.75, 3.05) is 5.32 Å². The summed E-state index contributed by atoms with van der Waals surface area (Å²) < 4.78 is 0. The molecule has 0 fully saturated rings. The van der Waals surface area contributed by atoms with Gasteiger partial charge in [0.25, 0.3) is 0 Å². The SMILES string of the molecule is NC(=O)c1cccc(NCc2cnc3ccccc3n2)c1. The van der Waals surface area contributed by atoms with Crippen LogP contribution in [-0.2, 0) is 6.54 Å². The number of hydrogen-bond donors (Lipinski definition) is 2. The Labute approximate surface area is 121 Å². The molecule has 0 bridgehead atoms. The standard InChI is InChI=1S/C16H14N4O/c17-16(21)11-4-3-5-12(8-11)18-9-13-10-19-14-6-1-2-7-15(14)20-13/h1-8,10,18H,9H2,(H2,17,21). The fourth-order valence-electron chi connectivity index (χ4n) is 2.06. The minimum atomic E-state index is -0.441. The van der Waals surface area contributed by atoms with E-state index in [2.05, 4.69) is 15.3 Å². The fraction of sp³-hybridized carbons (Fsp3) is 0.0625. The van der Waals surface area contributed by atoms with Gasteiger partial charge in [-0.3, -0.25) is 9.78 Å². The second kappa shape index (κ2) is 5.58. The van der Waals surface area contributed by atoms with Gasteiger partial charge in [-0.15, -0.1) is 0 Å². The first-order chi connectivity index (χ1) is 10.2. The van der Waals surface area contributed by atoms with Gasteiger partial charge in [-0.2, -0.15) is 0 Å². The van der Waals surface area contributed by atoms with E-state index in [1.807, 2.05) is 30.3 Å². The van der Waals surface area contributed by atoms with Crippen LogP contribution in [0.2, 0.25) is 0 Å². The molecule has 5 nitrogen and oxygen atoms in total. The van der Waals surface area contributed by atoms with Crippen molar-refractivity contribution in [3.05, 3.63) is 66.0 Å². The normalized spacial score (nSPS) is 10.5. The average Bonchev–Trinajstić information content (AvgIpc) is 2.53. The Morgan fingerprint density at radius 1 is 1.10 bits per heavy atom. The largest absolute Gasteiger partial charge is 0.379 e. The highest BCUT2D eigenvalue weighted by Gasteiger charge is 2.02. The smallest absolute Gasteiger partial charge is 0.248 e. The zero-order valence-electron chi connectivity index (χ0n) is 11.3. The Morgan fingerprint density at radius 3 is 2.71 bits per heavy atom. The van der Waals surface area contributed by atoms with Crippen molar-refractivity contribution < 1.29 is 4.79 Å². The van der Waals surface area contributed by atoms with Crippen LogP contribution < -0.4 is 11.1 Å². The molecule has 0 aliphatic rings. The lowest BCUT2D eigenvalue weighted by Crippen LogP contribution is -2.11. The second-order valence-corrected chi connectivity index (χ2v) is 4.65. The van der Waals surface area contributed by atoms with Crippen LogP contribution in [0.4, 0.5) is 5.69 Å². The molecule has 104 valence electrons. The number of anilines is 1. The van der Waals surface area contributed by atoms with Crippen molar-refractivity contribution in [2.45, 2.75) is 6.54 Å². The van der Waals surface area contributed by atoms with Crippen LogP contribution in [-0.4, -0.2) is 15.9 Å². The summed E-state index contributed by atoms with van der Waals surface area (Å²) in [5, 5.41) is 3.21. The van der Waals surface area contributed by atoms with Gasteiger partial charge in [0.2, 0.25) is 5.91 Å². The monoisotopic (exact) mass is 278 g/mol. The van der Waals surface area contributed by atoms with Gasteiger partial charge >= 0.3 is 0 Å². The Morgan fingerprint density at radius 2 is 1.90 bits per heavy atom. The molecule has 0 radical (unpaired) electrons. The van der Waals surface area contributed by atoms with Crippen molar-refractivity contribution in [1.29, 1.82) is 0 Å². The van der Waals surface area contributed by atoms with Crippen LogP contribution in [0.5, 0.6) is 0 Å². The van der Waals surface area contributed by atoms with Gasteiger partial charge in [-0.05, 0) is 30.3 Å². The molecule has 21 heavy (non-hydrogen) atoms. The first kappa shape index (κ1) is 13.1. The molecular weight excluding hydrogens is 264 g/mol. The number of nitrogens with one attached hydrogen (secondary N) is 1. The second-order valence-electron chi connectivity index (χ2n) is 4.65. The van der Waals surface area contributed by atoms with Gasteiger partial charge < -0.3 is 11.1 Å². The maximum Gasteiger partial charge on any atom is 0.248 e. The summed E-state index contributed by atoms with van der Waals surface area (Å²) in [7, 11) is 0. The molecule has 2 aromatic carbocycles. The van der Waals surface area contributed by atoms with E-state index in [9.17, 15) is 4.79 Å². The van der Waals surface area contributed by atoms with E-state index in [-0.39, 0.29) is 0 Å². The lowest BCUT2D eigenvalue weighted by molar-refractivity contribution is 0.100. The van der Waals surface area contributed by atoms with Crippen molar-refractivity contribution in [3.8, 4) is 0 Å². The van der Waals surface area contributed by atoms with Crippen molar-refractivity contribution in [3.63, 3.8) is 0 Å². The van der Waals surface area contributed by atoms with Crippen molar-refractivity contribution in [1.82, 2.24) is 9.97 Å². The predicted octanol–water partition coefficient (Wildman–Crippen LogP) is 2.34. The lowest BCUT2D eigenvalue weighted by atomic mass is 10.2. The van der Waals surface area contributed by atoms with E-state index in [0.29, 0.717) is 12.1 Å². The number of carbonyl (C=O) groups excluding carboxylic acids is 1. The number of rotatable bonds is 4. The van der Waals surface area contributed by atoms with Crippen LogP contribution in [0.15, 0.2) is 54.7 Å². The maximum absolute atomic E-state index is 11.1. The molecule has 0 saturated heterocycles. The van der Waals surface area contributed by atoms with Crippen LogP contribution in [0.3, 0.4) is 0 Å². The molecule has 0 unspecified atom stereocenters. The van der Waals surface area contributed by atoms with Crippen LogP contribution >= 0.6 is 0 Å². The molecule has 0 aliphatic heterocycles. The van der Waals surface area contributed by atoms with Gasteiger partial charge in [-0.25, -0.2) is 4.98 Å². The molecule has 5 heteroatoms. The Bertz CT molecular complexity index is 801. The first-order valence-corrected chi connectivity index (χ1v) is 6.57. The third-order valence-corrected chi connectivity index (χ3v) is 3.12. The molecule has 0 atom stereocenters. The predicted molar refractivity (Wildman–Crippen MR) is 81.8 cm³/mol. The number of fused-ring (bicyclic) bond motifs is 1. The van der Waals surface area contributed by atoms with Crippen molar-refractivity contribution in [2.24, 2.45) is 5.73 Å². The highest BCUT2D eigenvalue weighted by molar-refractivity contribution is 5.93. The number of para-hydroxylation sites is 2. The van der Waals surface area contributed by atoms with Gasteiger partial charge in [0.05, 0.1) is 29.5 Å². The summed E-state index contributed by atoms with van der Waals surface area (Å²) in [6.45, 7) is 0.528.